The number of nitrogens with zero attached hydrogens (tertiary/aromatic N) is 1. The molecule has 2 unspecified atom stereocenters. The van der Waals surface area contributed by atoms with E-state index in [4.69, 9.17) is 9.47 Å². The van der Waals surface area contributed by atoms with Crippen LogP contribution in [0.2, 0.25) is 0 Å². The predicted molar refractivity (Wildman–Crippen MR) is 114 cm³/mol. The number of hydrogen-bond acceptors (Lipinski definition) is 6. The standard InChI is InChI=1S/C22H20N2O6S/c1-22(16-12-14-19(15-13-16)29-18-10-6-3-7-11-18)20(25)24(21(30-22)31(26,27)28)23-17-8-4-2-5-9-17/h2-15,21,23H,1H3,(H,26,27,28). The lowest BCUT2D eigenvalue weighted by atomic mass is 9.95. The van der Waals surface area contributed by atoms with Gasteiger partial charge in [0.2, 0.25) is 0 Å². The van der Waals surface area contributed by atoms with Gasteiger partial charge in [-0.05, 0) is 48.9 Å². The third kappa shape index (κ3) is 4.24. The summed E-state index contributed by atoms with van der Waals surface area (Å²) >= 11 is 0. The summed E-state index contributed by atoms with van der Waals surface area (Å²) in [5.74, 6) is 0.518. The van der Waals surface area contributed by atoms with Crippen molar-refractivity contribution in [1.82, 2.24) is 5.01 Å². The van der Waals surface area contributed by atoms with Gasteiger partial charge in [0.25, 0.3) is 11.5 Å². The predicted octanol–water partition coefficient (Wildman–Crippen LogP) is 3.75. The minimum absolute atomic E-state index is 0.406. The highest BCUT2D eigenvalue weighted by atomic mass is 32.2. The average molecular weight is 440 g/mol. The second-order valence-electron chi connectivity index (χ2n) is 7.07. The largest absolute Gasteiger partial charge is 0.457 e. The number of rotatable bonds is 6. The first-order valence-corrected chi connectivity index (χ1v) is 10.9. The molecular weight excluding hydrogens is 420 g/mol. The summed E-state index contributed by atoms with van der Waals surface area (Å²) in [5, 5.41) is 0.777. The molecule has 0 radical (unpaired) electrons. The number of anilines is 1. The molecule has 9 heteroatoms. The van der Waals surface area contributed by atoms with E-state index in [1.54, 1.807) is 54.6 Å². The molecular formula is C22H20N2O6S. The first-order valence-electron chi connectivity index (χ1n) is 9.40. The molecule has 0 saturated carbocycles. The first kappa shape index (κ1) is 20.9. The Morgan fingerprint density at radius 2 is 1.48 bits per heavy atom. The van der Waals surface area contributed by atoms with Crippen molar-refractivity contribution in [1.29, 1.82) is 0 Å². The fourth-order valence-corrected chi connectivity index (χ4v) is 3.97. The molecule has 1 heterocycles. The van der Waals surface area contributed by atoms with Crippen molar-refractivity contribution < 1.29 is 27.2 Å². The molecule has 0 aliphatic carbocycles. The van der Waals surface area contributed by atoms with Crippen molar-refractivity contribution in [2.24, 2.45) is 0 Å². The van der Waals surface area contributed by atoms with Gasteiger partial charge in [0.1, 0.15) is 11.5 Å². The zero-order valence-corrected chi connectivity index (χ0v) is 17.3. The van der Waals surface area contributed by atoms with E-state index in [0.717, 1.165) is 5.01 Å². The fourth-order valence-electron chi connectivity index (χ4n) is 3.24. The maximum atomic E-state index is 13.2. The molecule has 0 aromatic heterocycles. The quantitative estimate of drug-likeness (QED) is 0.563. The van der Waals surface area contributed by atoms with E-state index in [-0.39, 0.29) is 0 Å². The highest BCUT2D eigenvalue weighted by Gasteiger charge is 2.56. The number of hydrogen-bond donors (Lipinski definition) is 2. The van der Waals surface area contributed by atoms with Gasteiger partial charge in [0.15, 0.2) is 5.60 Å². The number of benzene rings is 3. The van der Waals surface area contributed by atoms with E-state index in [1.807, 2.05) is 30.3 Å². The Balaban J connectivity index is 1.62. The van der Waals surface area contributed by atoms with Crippen LogP contribution in [-0.2, 0) is 25.3 Å². The molecule has 1 fully saturated rings. The van der Waals surface area contributed by atoms with Gasteiger partial charge in [-0.2, -0.15) is 8.42 Å². The second-order valence-corrected chi connectivity index (χ2v) is 8.50. The molecule has 0 bridgehead atoms. The Bertz CT molecular complexity index is 1170. The lowest BCUT2D eigenvalue weighted by Gasteiger charge is -2.22. The van der Waals surface area contributed by atoms with E-state index < -0.39 is 27.2 Å². The van der Waals surface area contributed by atoms with E-state index in [2.05, 4.69) is 5.43 Å². The van der Waals surface area contributed by atoms with Crippen LogP contribution in [-0.4, -0.2) is 29.4 Å². The number of nitrogens with one attached hydrogen (secondary N) is 1. The monoisotopic (exact) mass is 440 g/mol. The molecule has 1 aliphatic heterocycles. The molecule has 0 spiro atoms. The molecule has 31 heavy (non-hydrogen) atoms. The van der Waals surface area contributed by atoms with Crippen LogP contribution in [0.15, 0.2) is 84.9 Å². The number of para-hydroxylation sites is 2. The Hall–Kier alpha value is -3.40. The summed E-state index contributed by atoms with van der Waals surface area (Å²) in [5.41, 5.74) is 0.0227. The third-order valence-electron chi connectivity index (χ3n) is 4.84. The summed E-state index contributed by atoms with van der Waals surface area (Å²) in [6.07, 6.45) is 0. The molecule has 3 aromatic carbocycles. The highest BCUT2D eigenvalue weighted by molar-refractivity contribution is 7.86. The van der Waals surface area contributed by atoms with Gasteiger partial charge in [-0.25, -0.2) is 5.01 Å². The van der Waals surface area contributed by atoms with Crippen molar-refractivity contribution in [2.45, 2.75) is 18.1 Å². The SMILES string of the molecule is CC1(c2ccc(Oc3ccccc3)cc2)OC(S(=O)(=O)O)N(Nc2ccccc2)C1=O. The van der Waals surface area contributed by atoms with E-state index in [1.165, 1.54) is 6.92 Å². The summed E-state index contributed by atoms with van der Waals surface area (Å²) in [6.45, 7) is 1.45. The third-order valence-corrected chi connectivity index (χ3v) is 5.65. The number of carbonyl (C=O) groups excluding carboxylic acids is 1. The van der Waals surface area contributed by atoms with Gasteiger partial charge in [-0.15, -0.1) is 0 Å². The highest BCUT2D eigenvalue weighted by Crippen LogP contribution is 2.39. The normalized spacial score (nSPS) is 21.2. The second kappa shape index (κ2) is 8.03. The zero-order valence-electron chi connectivity index (χ0n) is 16.5. The van der Waals surface area contributed by atoms with Crippen molar-refractivity contribution in [3.63, 3.8) is 0 Å². The van der Waals surface area contributed by atoms with Gasteiger partial charge in [-0.1, -0.05) is 48.5 Å². The molecule has 1 aliphatic rings. The maximum absolute atomic E-state index is 13.2. The smallest absolute Gasteiger partial charge is 0.314 e. The van der Waals surface area contributed by atoms with Gasteiger partial charge in [-0.3, -0.25) is 14.8 Å². The fraction of sp³-hybridized carbons (Fsp3) is 0.136. The Morgan fingerprint density at radius 1 is 0.935 bits per heavy atom. The Morgan fingerprint density at radius 3 is 2.06 bits per heavy atom. The van der Waals surface area contributed by atoms with Crippen LogP contribution in [0.3, 0.4) is 0 Å². The lowest BCUT2D eigenvalue weighted by molar-refractivity contribution is -0.135. The lowest BCUT2D eigenvalue weighted by Crippen LogP contribution is -2.44. The van der Waals surface area contributed by atoms with E-state index >= 15 is 0 Å². The Labute approximate surface area is 179 Å². The van der Waals surface area contributed by atoms with Crippen LogP contribution in [0, 0.1) is 0 Å². The molecule has 2 N–H and O–H groups in total. The maximum Gasteiger partial charge on any atom is 0.314 e. The molecule has 8 nitrogen and oxygen atoms in total. The van der Waals surface area contributed by atoms with Crippen molar-refractivity contribution in [2.75, 3.05) is 5.43 Å². The van der Waals surface area contributed by atoms with Crippen LogP contribution < -0.4 is 10.2 Å². The summed E-state index contributed by atoms with van der Waals surface area (Å²) in [7, 11) is -4.74. The van der Waals surface area contributed by atoms with Crippen LogP contribution >= 0.6 is 0 Å². The molecule has 2 atom stereocenters. The summed E-state index contributed by atoms with van der Waals surface area (Å²) in [6, 6.07) is 24.2. The van der Waals surface area contributed by atoms with Crippen molar-refractivity contribution in [3.8, 4) is 11.5 Å². The van der Waals surface area contributed by atoms with Crippen LogP contribution in [0.25, 0.3) is 0 Å². The number of amides is 1. The van der Waals surface area contributed by atoms with Crippen molar-refractivity contribution in [3.05, 3.63) is 90.5 Å². The van der Waals surface area contributed by atoms with Crippen molar-refractivity contribution >= 4 is 21.7 Å². The van der Waals surface area contributed by atoms with Gasteiger partial charge < -0.3 is 9.47 Å². The number of carbonyl (C=O) groups is 1. The molecule has 1 saturated heterocycles. The minimum Gasteiger partial charge on any atom is -0.457 e. The van der Waals surface area contributed by atoms with Crippen LogP contribution in [0.1, 0.15) is 12.5 Å². The van der Waals surface area contributed by atoms with Crippen LogP contribution in [0.4, 0.5) is 5.69 Å². The van der Waals surface area contributed by atoms with E-state index in [9.17, 15) is 17.8 Å². The topological polar surface area (TPSA) is 105 Å². The molecule has 3 aromatic rings. The Kier molecular flexibility index (Phi) is 5.40. The average Bonchev–Trinajstić information content (AvgIpc) is 3.02. The summed E-state index contributed by atoms with van der Waals surface area (Å²) in [4.78, 5) is 13.2. The minimum atomic E-state index is -4.74. The number of hydrazine groups is 1. The van der Waals surface area contributed by atoms with Gasteiger partial charge >= 0.3 is 10.1 Å². The van der Waals surface area contributed by atoms with Gasteiger partial charge in [0, 0.05) is 0 Å². The summed E-state index contributed by atoms with van der Waals surface area (Å²) < 4.78 is 44.9. The first-order chi connectivity index (χ1) is 14.8. The molecule has 160 valence electrons. The van der Waals surface area contributed by atoms with E-state index in [0.29, 0.717) is 22.7 Å². The van der Waals surface area contributed by atoms with Gasteiger partial charge in [0.05, 0.1) is 5.69 Å². The zero-order chi connectivity index (χ0) is 22.1. The molecule has 4 rings (SSSR count). The molecule has 1 amide bonds. The van der Waals surface area contributed by atoms with Crippen LogP contribution in [0.5, 0.6) is 11.5 Å². The number of ether oxygens (including phenoxy) is 2.